The van der Waals surface area contributed by atoms with E-state index in [4.69, 9.17) is 0 Å². The summed E-state index contributed by atoms with van der Waals surface area (Å²) in [6, 6.07) is 11.0. The third kappa shape index (κ3) is 16.2. The van der Waals surface area contributed by atoms with Crippen LogP contribution in [0, 0.1) is 0 Å². The van der Waals surface area contributed by atoms with Crippen LogP contribution in [0.25, 0.3) is 0 Å². The maximum Gasteiger partial charge on any atom is -0.870 e. The van der Waals surface area contributed by atoms with Crippen LogP contribution >= 0.6 is 0 Å². The van der Waals surface area contributed by atoms with Crippen LogP contribution in [0.5, 0.6) is 0 Å². The molecule has 1 aromatic rings. The molecular formula is C24H45OSb. The quantitative estimate of drug-likeness (QED) is 0.176. The van der Waals surface area contributed by atoms with Crippen molar-refractivity contribution in [1.29, 1.82) is 0 Å². The van der Waals surface area contributed by atoms with Crippen LogP contribution in [-0.2, 0) is 6.42 Å². The number of aryl methyl sites for hydroxylation is 1. The Morgan fingerprint density at radius 2 is 1.12 bits per heavy atom. The van der Waals surface area contributed by atoms with Gasteiger partial charge in [0.15, 0.2) is 0 Å². The van der Waals surface area contributed by atoms with Crippen LogP contribution in [-0.4, -0.2) is 28.5 Å². The van der Waals surface area contributed by atoms with Gasteiger partial charge in [-0.25, -0.2) is 0 Å². The third-order valence-corrected chi connectivity index (χ3v) is 7.73. The van der Waals surface area contributed by atoms with E-state index in [0.29, 0.717) is 0 Å². The first kappa shape index (κ1) is 26.0. The zero-order valence-electron chi connectivity index (χ0n) is 17.4. The second-order valence-corrected chi connectivity index (χ2v) is 11.2. The van der Waals surface area contributed by atoms with Crippen LogP contribution in [0.2, 0.25) is 3.86 Å². The van der Waals surface area contributed by atoms with Crippen molar-refractivity contribution in [3.05, 3.63) is 35.9 Å². The summed E-state index contributed by atoms with van der Waals surface area (Å²) >= 11 is 1.13. The predicted molar refractivity (Wildman–Crippen MR) is 121 cm³/mol. The fourth-order valence-corrected chi connectivity index (χ4v) is 5.02. The summed E-state index contributed by atoms with van der Waals surface area (Å²) in [6.07, 6.45) is 23.3. The van der Waals surface area contributed by atoms with Crippen molar-refractivity contribution in [3.63, 3.8) is 0 Å². The topological polar surface area (TPSA) is 30.0 Å². The van der Waals surface area contributed by atoms with Crippen molar-refractivity contribution in [2.24, 2.45) is 0 Å². The molecular weight excluding hydrogens is 426 g/mol. The number of unbranched alkanes of at least 4 members (excludes halogenated alkanes) is 12. The maximum atomic E-state index is 2.30. The van der Waals surface area contributed by atoms with Gasteiger partial charge in [-0.15, -0.1) is 0 Å². The molecule has 152 valence electrons. The van der Waals surface area contributed by atoms with Crippen molar-refractivity contribution in [2.75, 3.05) is 0 Å². The summed E-state index contributed by atoms with van der Waals surface area (Å²) in [5.41, 5.74) is 1.53. The van der Waals surface area contributed by atoms with E-state index >= 15 is 0 Å². The standard InChI is InChI=1S/C24H41.H2O.Sb.3H/c1-2-3-4-5-6-7-8-9-10-11-12-13-14-15-16-18-21-24-22-19-17-20-23-24;;;;;/h16-17,19-20,22-23H,2-15,18,21H2,1H3;1H2;;;;/q;;+1;;;/p-1. The second-order valence-electron chi connectivity index (χ2n) is 7.92. The summed E-state index contributed by atoms with van der Waals surface area (Å²) in [5, 5.41) is 0. The van der Waals surface area contributed by atoms with E-state index in [1.165, 1.54) is 108 Å². The molecule has 0 aromatic heterocycles. The van der Waals surface area contributed by atoms with E-state index in [9.17, 15) is 0 Å². The summed E-state index contributed by atoms with van der Waals surface area (Å²) < 4.78 is 1.05. The number of hydrogen-bond donors (Lipinski definition) is 0. The summed E-state index contributed by atoms with van der Waals surface area (Å²) in [4.78, 5) is 0. The van der Waals surface area contributed by atoms with Crippen molar-refractivity contribution >= 4 is 23.0 Å². The van der Waals surface area contributed by atoms with Gasteiger partial charge in [-0.3, -0.25) is 0 Å². The number of benzene rings is 1. The zero-order valence-corrected chi connectivity index (χ0v) is 21.5. The molecule has 0 fully saturated rings. The third-order valence-electron chi connectivity index (χ3n) is 5.40. The number of hydrogen-bond acceptors (Lipinski definition) is 1. The Hall–Kier alpha value is -0.00182. The van der Waals surface area contributed by atoms with Gasteiger partial charge in [0.25, 0.3) is 0 Å². The molecule has 0 amide bonds. The Morgan fingerprint density at radius 1 is 0.654 bits per heavy atom. The average Bonchev–Trinajstić information content (AvgIpc) is 2.64. The molecule has 0 aliphatic carbocycles. The monoisotopic (exact) mass is 470 g/mol. The van der Waals surface area contributed by atoms with Crippen LogP contribution in [0.4, 0.5) is 0 Å². The van der Waals surface area contributed by atoms with Crippen LogP contribution in [0.1, 0.15) is 109 Å². The zero-order chi connectivity index (χ0) is 18.0. The van der Waals surface area contributed by atoms with Gasteiger partial charge in [0, 0.05) is 0 Å². The van der Waals surface area contributed by atoms with E-state index < -0.39 is 0 Å². The van der Waals surface area contributed by atoms with Crippen LogP contribution in [0.15, 0.2) is 30.3 Å². The van der Waals surface area contributed by atoms with Gasteiger partial charge in [-0.2, -0.15) is 0 Å². The largest absolute Gasteiger partial charge is 0.870 e. The maximum absolute atomic E-state index is 2.30. The van der Waals surface area contributed by atoms with Crippen molar-refractivity contribution in [3.8, 4) is 0 Å². The molecule has 0 aliphatic heterocycles. The molecule has 1 rings (SSSR count). The smallest absolute Gasteiger partial charge is 0.870 e. The normalized spacial score (nSPS) is 12.0. The number of rotatable bonds is 17. The first-order valence-corrected chi connectivity index (χ1v) is 13.5. The predicted octanol–water partition coefficient (Wildman–Crippen LogP) is 7.08. The van der Waals surface area contributed by atoms with Gasteiger partial charge < -0.3 is 5.48 Å². The molecule has 0 bridgehead atoms. The summed E-state index contributed by atoms with van der Waals surface area (Å²) in [7, 11) is 0. The molecule has 1 atom stereocenters. The molecule has 0 radical (unpaired) electrons. The first-order valence-electron chi connectivity index (χ1n) is 11.2. The summed E-state index contributed by atoms with van der Waals surface area (Å²) in [5.74, 6) is 0. The van der Waals surface area contributed by atoms with Crippen molar-refractivity contribution in [1.82, 2.24) is 0 Å². The van der Waals surface area contributed by atoms with Crippen LogP contribution in [0.3, 0.4) is 0 Å². The van der Waals surface area contributed by atoms with E-state index in [2.05, 4.69) is 37.3 Å². The Bertz CT molecular complexity index is 379. The second kappa shape index (κ2) is 19.8. The SMILES string of the molecule is CCCCCCCCCCCCCCC[CH]([SbH3+])CCc1ccccc1.[OH-]. The molecule has 0 aliphatic rings. The molecule has 0 saturated heterocycles. The fourth-order valence-electron chi connectivity index (χ4n) is 3.61. The average molecular weight is 471 g/mol. The molecule has 2 heteroatoms. The minimum atomic E-state index is 0. The molecule has 0 heterocycles. The van der Waals surface area contributed by atoms with Gasteiger partial charge in [0.05, 0.1) is 0 Å². The molecule has 1 N–H and O–H groups in total. The molecule has 0 saturated carbocycles. The van der Waals surface area contributed by atoms with E-state index in [-0.39, 0.29) is 5.48 Å². The van der Waals surface area contributed by atoms with Gasteiger partial charge in [0.1, 0.15) is 0 Å². The molecule has 1 nitrogen and oxygen atoms in total. The van der Waals surface area contributed by atoms with Gasteiger partial charge >= 0.3 is 146 Å². The van der Waals surface area contributed by atoms with Crippen molar-refractivity contribution < 1.29 is 5.48 Å². The van der Waals surface area contributed by atoms with E-state index in [0.717, 1.165) is 26.9 Å². The minimum Gasteiger partial charge on any atom is -0.870 e. The summed E-state index contributed by atoms with van der Waals surface area (Å²) in [6.45, 7) is 2.30. The molecule has 0 spiro atoms. The molecule has 1 unspecified atom stereocenters. The first-order chi connectivity index (χ1) is 12.3. The molecule has 1 aromatic carbocycles. The Balaban J connectivity index is 0.00000625. The van der Waals surface area contributed by atoms with E-state index in [1.807, 2.05) is 0 Å². The Kier molecular flexibility index (Phi) is 19.7. The van der Waals surface area contributed by atoms with Crippen molar-refractivity contribution in [2.45, 2.75) is 114 Å². The van der Waals surface area contributed by atoms with E-state index in [1.54, 1.807) is 0 Å². The van der Waals surface area contributed by atoms with Gasteiger partial charge in [-0.1, -0.05) is 26.2 Å². The molecule has 26 heavy (non-hydrogen) atoms. The van der Waals surface area contributed by atoms with Gasteiger partial charge in [-0.05, 0) is 0 Å². The Labute approximate surface area is 177 Å². The van der Waals surface area contributed by atoms with Crippen LogP contribution < -0.4 is 0 Å². The minimum absolute atomic E-state index is 0. The Morgan fingerprint density at radius 3 is 1.62 bits per heavy atom. The van der Waals surface area contributed by atoms with Gasteiger partial charge in [0.2, 0.25) is 0 Å². The fraction of sp³-hybridized carbons (Fsp3) is 0.750.